The molecule has 2 aromatic rings. The molecule has 8 nitrogen and oxygen atoms in total. The largest absolute Gasteiger partial charge is 0.452 e. The minimum Gasteiger partial charge on any atom is -0.452 e. The highest BCUT2D eigenvalue weighted by molar-refractivity contribution is 7.89. The first-order chi connectivity index (χ1) is 12.9. The molecule has 1 aromatic heterocycles. The van der Waals surface area contributed by atoms with Crippen LogP contribution < -0.4 is 0 Å². The molecule has 1 aliphatic heterocycles. The summed E-state index contributed by atoms with van der Waals surface area (Å²) in [5.41, 5.74) is 0.261. The molecule has 0 bridgehead atoms. The first kappa shape index (κ1) is 19.5. The number of benzene rings is 1. The molecule has 9 heteroatoms. The molecular formula is C18H23N3O5S. The number of esters is 1. The molecular weight excluding hydrogens is 370 g/mol. The summed E-state index contributed by atoms with van der Waals surface area (Å²) in [6.45, 7) is 4.94. The summed E-state index contributed by atoms with van der Waals surface area (Å²) in [7, 11) is -3.54. The zero-order valence-electron chi connectivity index (χ0n) is 15.4. The molecule has 27 heavy (non-hydrogen) atoms. The van der Waals surface area contributed by atoms with E-state index in [2.05, 4.69) is 17.1 Å². The molecule has 3 rings (SSSR count). The maximum Gasteiger partial charge on any atom is 0.338 e. The van der Waals surface area contributed by atoms with Crippen LogP contribution in [0.2, 0.25) is 0 Å². The number of ether oxygens (including phenoxy) is 1. The summed E-state index contributed by atoms with van der Waals surface area (Å²) < 4.78 is 37.0. The highest BCUT2D eigenvalue weighted by Gasteiger charge is 2.28. The van der Waals surface area contributed by atoms with Gasteiger partial charge in [0, 0.05) is 19.5 Å². The molecule has 0 spiro atoms. The van der Waals surface area contributed by atoms with Gasteiger partial charge in [0.05, 0.1) is 10.5 Å². The molecule has 2 heterocycles. The second kappa shape index (κ2) is 8.18. The summed E-state index contributed by atoms with van der Waals surface area (Å²) in [6, 6.07) is 5.78. The van der Waals surface area contributed by atoms with Crippen LogP contribution in [0, 0.1) is 5.92 Å². The molecule has 1 aliphatic rings. The number of carbonyl (C=O) groups is 1. The van der Waals surface area contributed by atoms with E-state index in [9.17, 15) is 13.2 Å². The Kier molecular flexibility index (Phi) is 5.91. The molecule has 0 unspecified atom stereocenters. The van der Waals surface area contributed by atoms with E-state index in [1.54, 1.807) is 0 Å². The number of piperidine rings is 1. The predicted molar refractivity (Wildman–Crippen MR) is 96.4 cm³/mol. The Labute approximate surface area is 158 Å². The van der Waals surface area contributed by atoms with Crippen molar-refractivity contribution in [3.8, 4) is 0 Å². The van der Waals surface area contributed by atoms with Crippen LogP contribution in [0.25, 0.3) is 0 Å². The van der Waals surface area contributed by atoms with Crippen LogP contribution in [-0.4, -0.2) is 41.9 Å². The van der Waals surface area contributed by atoms with Gasteiger partial charge in [-0.15, -0.1) is 0 Å². The Balaban J connectivity index is 1.62. The molecule has 0 amide bonds. The Morgan fingerprint density at radius 1 is 1.26 bits per heavy atom. The molecule has 0 N–H and O–H groups in total. The van der Waals surface area contributed by atoms with E-state index in [0.717, 1.165) is 12.8 Å². The van der Waals surface area contributed by atoms with Crippen molar-refractivity contribution in [1.29, 1.82) is 0 Å². The maximum absolute atomic E-state index is 12.7. The summed E-state index contributed by atoms with van der Waals surface area (Å²) in [5.74, 6) is 0.726. The fraction of sp³-hybridized carbons (Fsp3) is 0.500. The van der Waals surface area contributed by atoms with Gasteiger partial charge in [0.15, 0.2) is 12.4 Å². The fourth-order valence-corrected chi connectivity index (χ4v) is 4.31. The third-order valence-corrected chi connectivity index (χ3v) is 6.54. The van der Waals surface area contributed by atoms with Gasteiger partial charge in [-0.1, -0.05) is 19.0 Å². The molecule has 0 atom stereocenters. The van der Waals surface area contributed by atoms with Crippen LogP contribution in [0.15, 0.2) is 33.7 Å². The zero-order chi connectivity index (χ0) is 19.4. The SMILES string of the molecule is CCc1noc(COC(=O)c2ccc(S(=O)(=O)N3CCC(C)CC3)cc2)n1. The van der Waals surface area contributed by atoms with Crippen molar-refractivity contribution in [3.05, 3.63) is 41.5 Å². The Bertz CT molecular complexity index is 884. The summed E-state index contributed by atoms with van der Waals surface area (Å²) in [5, 5.41) is 3.72. The van der Waals surface area contributed by atoms with Crippen molar-refractivity contribution in [2.75, 3.05) is 13.1 Å². The maximum atomic E-state index is 12.7. The number of carbonyl (C=O) groups excluding carboxylic acids is 1. The van der Waals surface area contributed by atoms with E-state index < -0.39 is 16.0 Å². The zero-order valence-corrected chi connectivity index (χ0v) is 16.2. The van der Waals surface area contributed by atoms with Crippen molar-refractivity contribution in [1.82, 2.24) is 14.4 Å². The van der Waals surface area contributed by atoms with Gasteiger partial charge in [-0.2, -0.15) is 9.29 Å². The van der Waals surface area contributed by atoms with Gasteiger partial charge >= 0.3 is 5.97 Å². The van der Waals surface area contributed by atoms with Gasteiger partial charge in [-0.05, 0) is 43.0 Å². The van der Waals surface area contributed by atoms with Crippen LogP contribution in [0.1, 0.15) is 48.8 Å². The molecule has 0 radical (unpaired) electrons. The first-order valence-corrected chi connectivity index (χ1v) is 10.4. The van der Waals surface area contributed by atoms with E-state index in [1.165, 1.54) is 28.6 Å². The molecule has 1 fully saturated rings. The lowest BCUT2D eigenvalue weighted by Gasteiger charge is -2.29. The van der Waals surface area contributed by atoms with Crippen LogP contribution >= 0.6 is 0 Å². The van der Waals surface area contributed by atoms with E-state index in [1.807, 2.05) is 6.92 Å². The summed E-state index contributed by atoms with van der Waals surface area (Å²) in [4.78, 5) is 16.4. The number of nitrogens with zero attached hydrogens (tertiary/aromatic N) is 3. The van der Waals surface area contributed by atoms with Gasteiger partial charge in [0.2, 0.25) is 10.0 Å². The normalized spacial score (nSPS) is 16.4. The van der Waals surface area contributed by atoms with E-state index in [4.69, 9.17) is 9.26 Å². The summed E-state index contributed by atoms with van der Waals surface area (Å²) in [6.07, 6.45) is 2.35. The molecule has 146 valence electrons. The van der Waals surface area contributed by atoms with Crippen LogP contribution in [0.4, 0.5) is 0 Å². The van der Waals surface area contributed by atoms with Crippen molar-refractivity contribution in [2.24, 2.45) is 5.92 Å². The third kappa shape index (κ3) is 4.54. The first-order valence-electron chi connectivity index (χ1n) is 8.99. The Morgan fingerprint density at radius 3 is 2.52 bits per heavy atom. The lowest BCUT2D eigenvalue weighted by atomic mass is 10.0. The fourth-order valence-electron chi connectivity index (χ4n) is 2.84. The molecule has 1 aromatic carbocycles. The minimum absolute atomic E-state index is 0.127. The lowest BCUT2D eigenvalue weighted by Crippen LogP contribution is -2.37. The van der Waals surface area contributed by atoms with Crippen LogP contribution in [-0.2, 0) is 27.8 Å². The molecule has 1 saturated heterocycles. The number of rotatable bonds is 6. The number of sulfonamides is 1. The smallest absolute Gasteiger partial charge is 0.338 e. The van der Waals surface area contributed by atoms with Crippen molar-refractivity contribution < 1.29 is 22.5 Å². The lowest BCUT2D eigenvalue weighted by molar-refractivity contribution is 0.0429. The highest BCUT2D eigenvalue weighted by atomic mass is 32.2. The van der Waals surface area contributed by atoms with Crippen molar-refractivity contribution in [2.45, 2.75) is 44.6 Å². The topological polar surface area (TPSA) is 103 Å². The van der Waals surface area contributed by atoms with E-state index >= 15 is 0 Å². The van der Waals surface area contributed by atoms with Gasteiger partial charge in [-0.3, -0.25) is 0 Å². The highest BCUT2D eigenvalue weighted by Crippen LogP contribution is 2.23. The standard InChI is InChI=1S/C18H23N3O5S/c1-3-16-19-17(26-20-16)12-25-18(22)14-4-6-15(7-5-14)27(23,24)21-10-8-13(2)9-11-21/h4-7,13H,3,8-12H2,1-2H3. The van der Waals surface area contributed by atoms with E-state index in [0.29, 0.717) is 31.3 Å². The van der Waals surface area contributed by atoms with Gasteiger partial charge in [-0.25, -0.2) is 13.2 Å². The van der Waals surface area contributed by atoms with Gasteiger partial charge in [0.25, 0.3) is 5.89 Å². The molecule has 0 saturated carbocycles. The molecule has 0 aliphatic carbocycles. The predicted octanol–water partition coefficient (Wildman–Crippen LogP) is 2.41. The average Bonchev–Trinajstić information content (AvgIpc) is 3.15. The number of hydrogen-bond acceptors (Lipinski definition) is 7. The van der Waals surface area contributed by atoms with Crippen molar-refractivity contribution >= 4 is 16.0 Å². The number of aryl methyl sites for hydroxylation is 1. The van der Waals surface area contributed by atoms with Crippen molar-refractivity contribution in [3.63, 3.8) is 0 Å². The number of hydrogen-bond donors (Lipinski definition) is 0. The third-order valence-electron chi connectivity index (χ3n) is 4.62. The Hall–Kier alpha value is -2.26. The minimum atomic E-state index is -3.54. The summed E-state index contributed by atoms with van der Waals surface area (Å²) >= 11 is 0. The second-order valence-corrected chi connectivity index (χ2v) is 8.58. The van der Waals surface area contributed by atoms with Crippen LogP contribution in [0.5, 0.6) is 0 Å². The monoisotopic (exact) mass is 393 g/mol. The van der Waals surface area contributed by atoms with Gasteiger partial charge in [0.1, 0.15) is 0 Å². The van der Waals surface area contributed by atoms with E-state index in [-0.39, 0.29) is 23.0 Å². The van der Waals surface area contributed by atoms with Crippen LogP contribution in [0.3, 0.4) is 0 Å². The quantitative estimate of drug-likeness (QED) is 0.694. The number of aromatic nitrogens is 2. The second-order valence-electron chi connectivity index (χ2n) is 6.65. The Morgan fingerprint density at radius 2 is 1.93 bits per heavy atom. The van der Waals surface area contributed by atoms with Gasteiger partial charge < -0.3 is 9.26 Å². The average molecular weight is 393 g/mol.